The average molecular weight is 630 g/mol. The molecule has 8 nitrogen and oxygen atoms in total. The summed E-state index contributed by atoms with van der Waals surface area (Å²) in [5.41, 5.74) is 2.20. The first kappa shape index (κ1) is 34.7. The van der Waals surface area contributed by atoms with Crippen LogP contribution in [0.1, 0.15) is 112 Å². The minimum Gasteiger partial charge on any atom is -0.446 e. The Bertz CT molecular complexity index is 1050. The Morgan fingerprint density at radius 2 is 1.76 bits per heavy atom. The lowest BCUT2D eigenvalue weighted by atomic mass is 9.47. The molecule has 0 aromatic carbocycles. The predicted octanol–water partition coefficient (Wildman–Crippen LogP) is 5.67. The molecule has 45 heavy (non-hydrogen) atoms. The number of nitrogens with zero attached hydrogens (tertiary/aromatic N) is 1. The van der Waals surface area contributed by atoms with Gasteiger partial charge >= 0.3 is 6.09 Å². The van der Waals surface area contributed by atoms with Crippen LogP contribution in [0.3, 0.4) is 0 Å². The van der Waals surface area contributed by atoms with Gasteiger partial charge in [0.2, 0.25) is 5.91 Å². The quantitative estimate of drug-likeness (QED) is 0.219. The van der Waals surface area contributed by atoms with Crippen LogP contribution in [0, 0.1) is 46.3 Å². The highest BCUT2D eigenvalue weighted by molar-refractivity contribution is 5.82. The Labute approximate surface area is 272 Å². The van der Waals surface area contributed by atoms with E-state index in [0.29, 0.717) is 38.0 Å². The molecule has 4 aliphatic carbocycles. The molecule has 10 atom stereocenters. The number of fused-ring (bicyclic) bond motifs is 5. The number of rotatable bonds is 11. The molecule has 0 aromatic rings. The molecule has 5 rings (SSSR count). The number of nitrogens with one attached hydrogen (secondary N) is 2. The largest absolute Gasteiger partial charge is 0.446 e. The summed E-state index contributed by atoms with van der Waals surface area (Å²) in [6.07, 6.45) is 14.7. The number of aliphatic hydroxyl groups is 2. The third kappa shape index (κ3) is 7.92. The maximum atomic E-state index is 12.6. The van der Waals surface area contributed by atoms with Crippen LogP contribution in [0.4, 0.5) is 4.79 Å². The number of piperidine rings is 1. The highest BCUT2D eigenvalue weighted by Gasteiger charge is 2.59. The summed E-state index contributed by atoms with van der Waals surface area (Å²) in [6, 6.07) is 0. The van der Waals surface area contributed by atoms with Crippen LogP contribution in [0.15, 0.2) is 11.6 Å². The van der Waals surface area contributed by atoms with Crippen molar-refractivity contribution in [3.05, 3.63) is 11.6 Å². The molecule has 3 unspecified atom stereocenters. The van der Waals surface area contributed by atoms with E-state index < -0.39 is 18.3 Å². The number of ether oxygens (including phenoxy) is 1. The Morgan fingerprint density at radius 1 is 1.00 bits per heavy atom. The zero-order chi connectivity index (χ0) is 32.4. The number of allylic oxidation sites excluding steroid dienone is 1. The summed E-state index contributed by atoms with van der Waals surface area (Å²) in [5.74, 6) is 4.60. The van der Waals surface area contributed by atoms with Gasteiger partial charge in [-0.05, 0) is 91.3 Å². The molecular weight excluding hydrogens is 566 g/mol. The van der Waals surface area contributed by atoms with Gasteiger partial charge in [0.25, 0.3) is 0 Å². The molecule has 0 bridgehead atoms. The molecule has 2 amide bonds. The van der Waals surface area contributed by atoms with Gasteiger partial charge in [0, 0.05) is 39.0 Å². The monoisotopic (exact) mass is 629 g/mol. The molecule has 0 spiro atoms. The van der Waals surface area contributed by atoms with Crippen LogP contribution >= 0.6 is 0 Å². The van der Waals surface area contributed by atoms with Crippen molar-refractivity contribution in [2.75, 3.05) is 32.7 Å². The Kier molecular flexibility index (Phi) is 11.3. The van der Waals surface area contributed by atoms with Crippen LogP contribution < -0.4 is 10.6 Å². The van der Waals surface area contributed by atoms with E-state index in [1.54, 1.807) is 0 Å². The molecule has 0 radical (unpaired) electrons. The normalized spacial score (nSPS) is 38.8. The molecule has 1 aliphatic heterocycles. The van der Waals surface area contributed by atoms with Crippen molar-refractivity contribution >= 4 is 12.0 Å². The molecule has 3 saturated carbocycles. The highest BCUT2D eigenvalue weighted by atomic mass is 16.6. The summed E-state index contributed by atoms with van der Waals surface area (Å²) >= 11 is 0. The van der Waals surface area contributed by atoms with Gasteiger partial charge in [-0.25, -0.2) is 4.79 Å². The van der Waals surface area contributed by atoms with Gasteiger partial charge < -0.3 is 25.6 Å². The summed E-state index contributed by atoms with van der Waals surface area (Å²) in [7, 11) is 0. The third-order valence-electron chi connectivity index (χ3n) is 13.2. The Morgan fingerprint density at radius 3 is 2.49 bits per heavy atom. The molecule has 4 fully saturated rings. The average Bonchev–Trinajstić information content (AvgIpc) is 3.33. The first-order valence-electron chi connectivity index (χ1n) is 18.4. The molecular formula is C37H63N3O5. The predicted molar refractivity (Wildman–Crippen MR) is 177 cm³/mol. The Hall–Kier alpha value is -1.64. The van der Waals surface area contributed by atoms with Crippen LogP contribution in [0.25, 0.3) is 0 Å². The topological polar surface area (TPSA) is 111 Å². The third-order valence-corrected chi connectivity index (χ3v) is 13.2. The van der Waals surface area contributed by atoms with Gasteiger partial charge in [0.15, 0.2) is 0 Å². The van der Waals surface area contributed by atoms with Crippen molar-refractivity contribution in [3.8, 4) is 0 Å². The lowest BCUT2D eigenvalue weighted by molar-refractivity contribution is -0.120. The number of aliphatic hydroxyl groups excluding tert-OH is 2. The highest BCUT2D eigenvalue weighted by Crippen LogP contribution is 2.67. The number of alkyl carbamates (subject to hydrolysis) is 1. The maximum Gasteiger partial charge on any atom is 0.407 e. The van der Waals surface area contributed by atoms with E-state index in [0.717, 1.165) is 54.8 Å². The van der Waals surface area contributed by atoms with Crippen molar-refractivity contribution in [2.45, 2.75) is 130 Å². The van der Waals surface area contributed by atoms with Gasteiger partial charge in [0.1, 0.15) is 6.10 Å². The summed E-state index contributed by atoms with van der Waals surface area (Å²) < 4.78 is 5.83. The van der Waals surface area contributed by atoms with Crippen molar-refractivity contribution in [1.82, 2.24) is 15.5 Å². The number of likely N-dealkylation sites (tertiary alicyclic amines) is 1. The smallest absolute Gasteiger partial charge is 0.407 e. The second-order valence-electron chi connectivity index (χ2n) is 16.6. The second-order valence-corrected chi connectivity index (χ2v) is 16.6. The van der Waals surface area contributed by atoms with Crippen molar-refractivity contribution in [1.29, 1.82) is 0 Å². The van der Waals surface area contributed by atoms with Gasteiger partial charge in [-0.15, -0.1) is 0 Å². The second kappa shape index (κ2) is 14.6. The molecule has 256 valence electrons. The fourth-order valence-electron chi connectivity index (χ4n) is 10.8. The van der Waals surface area contributed by atoms with E-state index in [1.165, 1.54) is 56.9 Å². The molecule has 1 saturated heterocycles. The van der Waals surface area contributed by atoms with Crippen LogP contribution in [0.2, 0.25) is 0 Å². The number of hydrogen-bond donors (Lipinski definition) is 4. The molecule has 1 heterocycles. The zero-order valence-electron chi connectivity index (χ0n) is 28.9. The molecule has 5 aliphatic rings. The summed E-state index contributed by atoms with van der Waals surface area (Å²) in [4.78, 5) is 26.9. The van der Waals surface area contributed by atoms with Gasteiger partial charge in [0.05, 0.1) is 18.8 Å². The van der Waals surface area contributed by atoms with Gasteiger partial charge in [-0.2, -0.15) is 0 Å². The zero-order valence-corrected chi connectivity index (χ0v) is 28.9. The lowest BCUT2D eigenvalue weighted by Crippen LogP contribution is -2.51. The first-order chi connectivity index (χ1) is 21.4. The van der Waals surface area contributed by atoms with Gasteiger partial charge in [-0.3, -0.25) is 9.69 Å². The number of hydrogen-bond acceptors (Lipinski definition) is 6. The van der Waals surface area contributed by atoms with E-state index in [2.05, 4.69) is 51.3 Å². The van der Waals surface area contributed by atoms with E-state index in [-0.39, 0.29) is 24.0 Å². The summed E-state index contributed by atoms with van der Waals surface area (Å²) in [5, 5.41) is 25.1. The standard InChI is InChI=1S/C37H63N3O5/c1-24(2)7-6-8-25(3)31-11-12-32-30-10-9-26-19-29(13-15-36(26,4)33(30)14-16-37(31,32)5)45-35(44)39-21-34(43)38-17-18-40-22-27(41)20-28(42)23-40/h9,24-25,27-33,41-42H,6-8,10-23H2,1-5H3,(H,38,43)(H,39,44)/t25-,27?,28?,29?,30+,31-,32+,33+,36+,37-/m1/s1. The Balaban J connectivity index is 1.07. The number of carbonyl (C=O) groups is 2. The first-order valence-corrected chi connectivity index (χ1v) is 18.4. The number of amides is 2. The molecule has 8 heteroatoms. The van der Waals surface area contributed by atoms with Gasteiger partial charge in [-0.1, -0.05) is 65.5 Å². The summed E-state index contributed by atoms with van der Waals surface area (Å²) in [6.45, 7) is 14.2. The van der Waals surface area contributed by atoms with Crippen LogP contribution in [-0.2, 0) is 9.53 Å². The minimum absolute atomic E-state index is 0.127. The van der Waals surface area contributed by atoms with Crippen molar-refractivity contribution < 1.29 is 24.5 Å². The van der Waals surface area contributed by atoms with Crippen LogP contribution in [-0.4, -0.2) is 78.1 Å². The van der Waals surface area contributed by atoms with E-state index >= 15 is 0 Å². The van der Waals surface area contributed by atoms with E-state index in [1.807, 2.05) is 4.90 Å². The SMILES string of the molecule is CC(C)CCC[C@@H](C)[C@H]1CC[C@H]2[C@@H]3CC=C4CC(OC(=O)NCC(=O)NCCN5CC(O)CC(O)C5)CC[C@]4(C)[C@H]3CC[C@]12C. The maximum absolute atomic E-state index is 12.6. The fourth-order valence-corrected chi connectivity index (χ4v) is 10.8. The van der Waals surface area contributed by atoms with Crippen molar-refractivity contribution in [2.24, 2.45) is 46.3 Å². The lowest BCUT2D eigenvalue weighted by Gasteiger charge is -2.58. The van der Waals surface area contributed by atoms with Crippen molar-refractivity contribution in [3.63, 3.8) is 0 Å². The van der Waals surface area contributed by atoms with E-state index in [9.17, 15) is 19.8 Å². The fraction of sp³-hybridized carbons (Fsp3) is 0.892. The minimum atomic E-state index is -0.541. The van der Waals surface area contributed by atoms with Crippen LogP contribution in [0.5, 0.6) is 0 Å². The van der Waals surface area contributed by atoms with E-state index in [4.69, 9.17) is 4.74 Å². The molecule has 0 aromatic heterocycles. The number of β-amino-alcohol motifs (C(OH)–C–C–N with tert-alkyl or cyclic N) is 2. The molecule has 4 N–H and O–H groups in total. The number of carbonyl (C=O) groups excluding carboxylic acids is 2.